The van der Waals surface area contributed by atoms with Crippen molar-refractivity contribution >= 4 is 70.8 Å². The summed E-state index contributed by atoms with van der Waals surface area (Å²) in [5, 5.41) is 76.5. The van der Waals surface area contributed by atoms with E-state index in [9.17, 15) is 69.0 Å². The van der Waals surface area contributed by atoms with Gasteiger partial charge in [0.15, 0.2) is 5.11 Å². The van der Waals surface area contributed by atoms with Gasteiger partial charge in [-0.25, -0.2) is 14.4 Å². The Kier molecular flexibility index (Phi) is 22.2. The number of anilines is 1. The van der Waals surface area contributed by atoms with Gasteiger partial charge >= 0.3 is 47.8 Å². The Labute approximate surface area is 350 Å². The van der Waals surface area contributed by atoms with Crippen LogP contribution in [0, 0.1) is 0 Å². The summed E-state index contributed by atoms with van der Waals surface area (Å²) < 4.78 is 0. The van der Waals surface area contributed by atoms with Gasteiger partial charge in [0.2, 0.25) is 0 Å². The van der Waals surface area contributed by atoms with Gasteiger partial charge in [-0.1, -0.05) is 12.1 Å². The number of thiocarbonyl (C=S) groups is 1. The predicted octanol–water partition coefficient (Wildman–Crippen LogP) is -1.32. The van der Waals surface area contributed by atoms with Crippen molar-refractivity contribution in [2.45, 2.75) is 56.7 Å². The number of carboxylic acids is 7. The molecule has 2 amide bonds. The van der Waals surface area contributed by atoms with E-state index in [1.165, 1.54) is 0 Å². The number of carbonyl (C=O) groups excluding carboxylic acids is 1. The van der Waals surface area contributed by atoms with Gasteiger partial charge in [0.25, 0.3) is 0 Å². The minimum atomic E-state index is -1.52. The maximum Gasteiger partial charge on any atom is 0.326 e. The lowest BCUT2D eigenvalue weighted by Gasteiger charge is -2.37. The van der Waals surface area contributed by atoms with Gasteiger partial charge in [-0.05, 0) is 62.0 Å². The number of rotatable bonds is 23. The van der Waals surface area contributed by atoms with Gasteiger partial charge in [0, 0.05) is 70.5 Å². The summed E-state index contributed by atoms with van der Waals surface area (Å²) in [6.45, 7) is 0.00318. The van der Waals surface area contributed by atoms with Crippen LogP contribution in [0.5, 0.6) is 0 Å². The molecule has 2 unspecified atom stereocenters. The molecule has 3 atom stereocenters. The number of hydrogen-bond acceptors (Lipinski definition) is 13. The number of aliphatic carboxylic acids is 7. The molecule has 1 aromatic rings. The summed E-state index contributed by atoms with van der Waals surface area (Å²) in [4.78, 5) is 99.6. The van der Waals surface area contributed by atoms with Crippen LogP contribution in [-0.4, -0.2) is 205 Å². The van der Waals surface area contributed by atoms with Crippen molar-refractivity contribution in [3.63, 3.8) is 0 Å². The van der Waals surface area contributed by atoms with Crippen molar-refractivity contribution < 1.29 is 74.1 Å². The molecule has 2 rings (SSSR count). The van der Waals surface area contributed by atoms with Gasteiger partial charge in [0.1, 0.15) is 12.1 Å². The number of urea groups is 1. The topological polar surface area (TPSA) is 339 Å². The second kappa shape index (κ2) is 26.4. The number of hydrogen-bond donors (Lipinski definition) is 11. The van der Waals surface area contributed by atoms with Crippen LogP contribution in [0.25, 0.3) is 0 Å². The largest absolute Gasteiger partial charge is 0.481 e. The Bertz CT molecular complexity index is 1650. The van der Waals surface area contributed by atoms with E-state index in [-0.39, 0.29) is 89.8 Å². The number of unbranched alkanes of at least 4 members (excludes halogenated alkanes) is 1. The molecule has 0 spiro atoms. The van der Waals surface area contributed by atoms with E-state index >= 15 is 0 Å². The molecule has 0 aliphatic carbocycles. The highest BCUT2D eigenvalue weighted by atomic mass is 32.1. The molecular formula is C36H54N8O15S. The number of benzene rings is 1. The second-order valence-corrected chi connectivity index (χ2v) is 14.5. The Morgan fingerprint density at radius 3 is 1.60 bits per heavy atom. The Morgan fingerprint density at radius 1 is 0.617 bits per heavy atom. The molecule has 1 fully saturated rings. The van der Waals surface area contributed by atoms with Crippen LogP contribution in [0.4, 0.5) is 10.5 Å². The second-order valence-electron chi connectivity index (χ2n) is 14.1. The molecule has 0 aromatic heterocycles. The molecule has 1 aromatic carbocycles. The first-order valence-corrected chi connectivity index (χ1v) is 19.4. The highest BCUT2D eigenvalue weighted by molar-refractivity contribution is 7.80. The van der Waals surface area contributed by atoms with Crippen LogP contribution in [0.1, 0.15) is 37.7 Å². The number of carbonyl (C=O) groups is 8. The molecule has 23 nitrogen and oxygen atoms in total. The van der Waals surface area contributed by atoms with Crippen LogP contribution in [-0.2, 0) is 40.0 Å². The first-order valence-electron chi connectivity index (χ1n) is 19.0. The summed E-state index contributed by atoms with van der Waals surface area (Å²) >= 11 is 5.38. The summed E-state index contributed by atoms with van der Waals surface area (Å²) in [5.74, 6) is -8.50. The minimum absolute atomic E-state index is 0.00165. The van der Waals surface area contributed by atoms with E-state index in [0.717, 1.165) is 5.56 Å². The summed E-state index contributed by atoms with van der Waals surface area (Å²) in [7, 11) is 0. The maximum absolute atomic E-state index is 12.2. The van der Waals surface area contributed by atoms with E-state index in [1.54, 1.807) is 43.9 Å². The van der Waals surface area contributed by atoms with E-state index < -0.39 is 78.9 Å². The zero-order chi connectivity index (χ0) is 44.8. The molecule has 11 N–H and O–H groups in total. The molecular weight excluding hydrogens is 817 g/mol. The zero-order valence-electron chi connectivity index (χ0n) is 32.9. The molecule has 0 radical (unpaired) electrons. The smallest absolute Gasteiger partial charge is 0.326 e. The molecule has 60 heavy (non-hydrogen) atoms. The van der Waals surface area contributed by atoms with Gasteiger partial charge < -0.3 is 57.0 Å². The van der Waals surface area contributed by atoms with Crippen molar-refractivity contribution in [3.05, 3.63) is 29.8 Å². The standard InChI is InChI=1S/C36H54N8O15S/c45-28(46)9-8-27(34(57)58)40-35(59)39-26(33(55)56)3-1-2-10-37-36(60)38-24-6-4-23(5-7-24)17-25-18-43(21-31(51)52)14-13-41(19-29(47)48)11-12-42(20-30(49)50)15-16-44(25)22-32(53)54/h4-7,25-27H,1-3,8-22H2,(H,45,46)(H,47,48)(H,49,50)(H,51,52)(H,53,54)(H,55,56)(H,57,58)(H2,37,38,60)(H2,39,40,59)/t25?,26-,27?/m0/s1. The van der Waals surface area contributed by atoms with E-state index in [2.05, 4.69) is 21.3 Å². The first-order chi connectivity index (χ1) is 28.3. The van der Waals surface area contributed by atoms with E-state index in [4.69, 9.17) is 17.3 Å². The third-order valence-electron chi connectivity index (χ3n) is 9.31. The fraction of sp³-hybridized carbons (Fsp3) is 0.583. The highest BCUT2D eigenvalue weighted by Crippen LogP contribution is 2.16. The van der Waals surface area contributed by atoms with Crippen LogP contribution in [0.2, 0.25) is 0 Å². The predicted molar refractivity (Wildman–Crippen MR) is 215 cm³/mol. The maximum atomic E-state index is 12.2. The van der Waals surface area contributed by atoms with Gasteiger partial charge in [0.05, 0.1) is 26.2 Å². The number of amides is 2. The normalized spacial score (nSPS) is 17.1. The zero-order valence-corrected chi connectivity index (χ0v) is 33.7. The summed E-state index contributed by atoms with van der Waals surface area (Å²) in [6, 6.07) is 2.56. The highest BCUT2D eigenvalue weighted by Gasteiger charge is 2.28. The average Bonchev–Trinajstić information content (AvgIpc) is 3.14. The van der Waals surface area contributed by atoms with Crippen molar-refractivity contribution in [2.24, 2.45) is 0 Å². The Morgan fingerprint density at radius 2 is 1.10 bits per heavy atom. The van der Waals surface area contributed by atoms with Crippen molar-refractivity contribution in [2.75, 3.05) is 83.9 Å². The summed E-state index contributed by atoms with van der Waals surface area (Å²) in [5.41, 5.74) is 1.36. The van der Waals surface area contributed by atoms with Crippen LogP contribution in [0.3, 0.4) is 0 Å². The third kappa shape index (κ3) is 21.4. The van der Waals surface area contributed by atoms with Crippen LogP contribution >= 0.6 is 12.2 Å². The number of carboxylic acid groups (broad SMARTS) is 7. The molecule has 1 aliphatic rings. The lowest BCUT2D eigenvalue weighted by Crippen LogP contribution is -2.53. The SMILES string of the molecule is O=C(O)CCC(NC(=O)N[C@@H](CCCCNC(=S)Nc1ccc(CC2CN(CC(=O)O)CCN(CC(=O)O)CCN(CC(=O)O)CCN2CC(=O)O)cc1)C(=O)O)C(=O)O. The van der Waals surface area contributed by atoms with Crippen LogP contribution in [0.15, 0.2) is 24.3 Å². The third-order valence-corrected chi connectivity index (χ3v) is 9.56. The van der Waals surface area contributed by atoms with E-state index in [1.807, 2.05) is 0 Å². The molecule has 1 saturated heterocycles. The van der Waals surface area contributed by atoms with Crippen LogP contribution < -0.4 is 21.3 Å². The molecule has 0 bridgehead atoms. The summed E-state index contributed by atoms with van der Waals surface area (Å²) in [6.07, 6.45) is 0.137. The fourth-order valence-electron chi connectivity index (χ4n) is 6.34. The first kappa shape index (κ1) is 50.5. The molecule has 1 heterocycles. The van der Waals surface area contributed by atoms with Crippen molar-refractivity contribution in [3.8, 4) is 0 Å². The molecule has 1 aliphatic heterocycles. The Hall–Kier alpha value is -5.69. The monoisotopic (exact) mass is 870 g/mol. The number of nitrogens with one attached hydrogen (secondary N) is 4. The lowest BCUT2D eigenvalue weighted by molar-refractivity contribution is -0.142. The fourth-order valence-corrected chi connectivity index (χ4v) is 6.56. The molecule has 24 heteroatoms. The van der Waals surface area contributed by atoms with E-state index in [0.29, 0.717) is 25.1 Å². The Balaban J connectivity index is 2.05. The molecule has 334 valence electrons. The van der Waals surface area contributed by atoms with Crippen molar-refractivity contribution in [1.29, 1.82) is 0 Å². The quantitative estimate of drug-likeness (QED) is 0.0449. The number of nitrogens with zero attached hydrogens (tertiary/aromatic N) is 4. The van der Waals surface area contributed by atoms with Crippen molar-refractivity contribution in [1.82, 2.24) is 35.6 Å². The van der Waals surface area contributed by atoms with Gasteiger partial charge in [-0.3, -0.25) is 43.6 Å². The minimum Gasteiger partial charge on any atom is -0.481 e. The average molecular weight is 871 g/mol. The molecule has 0 saturated carbocycles. The lowest BCUT2D eigenvalue weighted by atomic mass is 10.0. The van der Waals surface area contributed by atoms with Gasteiger partial charge in [-0.15, -0.1) is 0 Å². The van der Waals surface area contributed by atoms with Gasteiger partial charge in [-0.2, -0.15) is 0 Å².